The molecule has 0 radical (unpaired) electrons. The first-order valence-corrected chi connectivity index (χ1v) is 28.8. The van der Waals surface area contributed by atoms with Gasteiger partial charge >= 0.3 is 0 Å². The van der Waals surface area contributed by atoms with Gasteiger partial charge in [-0.3, -0.25) is 19.2 Å². The summed E-state index contributed by atoms with van der Waals surface area (Å²) in [5.74, 6) is 1.77. The molecule has 4 amide bonds. The molecule has 1 saturated carbocycles. The smallest absolute Gasteiger partial charge is 0.253 e. The second-order valence-corrected chi connectivity index (χ2v) is 23.5. The topological polar surface area (TPSA) is 224 Å². The van der Waals surface area contributed by atoms with Gasteiger partial charge in [-0.25, -0.2) is 9.97 Å². The molecule has 0 atom stereocenters. The number of carbonyl (C=O) groups excluding carboxylic acids is 4. The molecule has 9 rings (SSSR count). The fourth-order valence-corrected chi connectivity index (χ4v) is 11.6. The third kappa shape index (κ3) is 15.1. The number of guanidine groups is 2. The van der Waals surface area contributed by atoms with Gasteiger partial charge in [0.25, 0.3) is 11.8 Å². The summed E-state index contributed by atoms with van der Waals surface area (Å²) in [6.45, 7) is 14.3. The minimum Gasteiger partial charge on any atom is -0.381 e. The van der Waals surface area contributed by atoms with E-state index in [1.165, 1.54) is 0 Å². The van der Waals surface area contributed by atoms with Crippen molar-refractivity contribution < 1.29 is 23.9 Å². The van der Waals surface area contributed by atoms with Gasteiger partial charge in [-0.2, -0.15) is 9.98 Å². The number of anilines is 2. The summed E-state index contributed by atoms with van der Waals surface area (Å²) in [7, 11) is 5.51. The summed E-state index contributed by atoms with van der Waals surface area (Å²) in [6.07, 6.45) is 14.9. The highest BCUT2D eigenvalue weighted by molar-refractivity contribution is 5.98. The molecule has 4 aliphatic heterocycles. The number of likely N-dealkylation sites (tertiary alicyclic amines) is 2. The van der Waals surface area contributed by atoms with Gasteiger partial charge in [0, 0.05) is 157 Å². The number of amides is 4. The number of rotatable bonds is 16. The highest BCUT2D eigenvalue weighted by atomic mass is 16.5. The highest BCUT2D eigenvalue weighted by Crippen LogP contribution is 2.35. The molecular weight excluding hydrogens is 1020 g/mol. The van der Waals surface area contributed by atoms with E-state index in [1.54, 1.807) is 19.5 Å². The van der Waals surface area contributed by atoms with E-state index in [0.29, 0.717) is 79.6 Å². The SMILES string of the molecule is COC1CC(C(=O)N2CC=C(c3cccnc3N=C(N)Nc3ccc(C(=O)N(C)C4CCN(CCN5CCC(N(C)C(=O)c6ccc(NC(N)=Nc7ncccc7C7=CCN(C(=O)CC(C)(C)C)CC7)cc6)CC5)CC4)cc3)CC2)C1. The number of benzene rings is 2. The highest BCUT2D eigenvalue weighted by Gasteiger charge is 2.37. The molecule has 81 heavy (non-hydrogen) atoms. The normalized spacial score (nSPS) is 20.0. The number of methoxy groups -OCH3 is 1. The Morgan fingerprint density at radius 2 is 1.07 bits per heavy atom. The van der Waals surface area contributed by atoms with Gasteiger partial charge < -0.3 is 56.2 Å². The number of aromatic nitrogens is 2. The Morgan fingerprint density at radius 3 is 1.47 bits per heavy atom. The maximum absolute atomic E-state index is 13.7. The van der Waals surface area contributed by atoms with Crippen LogP contribution in [0, 0.1) is 11.3 Å². The number of nitrogens with two attached hydrogens (primary N) is 2. The van der Waals surface area contributed by atoms with Crippen molar-refractivity contribution in [3.8, 4) is 0 Å². The van der Waals surface area contributed by atoms with E-state index in [4.69, 9.17) is 16.2 Å². The van der Waals surface area contributed by atoms with Gasteiger partial charge in [0.05, 0.1) is 6.10 Å². The van der Waals surface area contributed by atoms with Crippen molar-refractivity contribution in [1.82, 2.24) is 39.4 Å². The molecular formula is C62H82N14O5. The summed E-state index contributed by atoms with van der Waals surface area (Å²) in [4.78, 5) is 84.1. The molecule has 6 heterocycles. The van der Waals surface area contributed by atoms with Crippen molar-refractivity contribution in [2.75, 3.05) is 97.3 Å². The van der Waals surface area contributed by atoms with Crippen LogP contribution in [0.15, 0.2) is 107 Å². The molecule has 19 nitrogen and oxygen atoms in total. The van der Waals surface area contributed by atoms with Crippen molar-refractivity contribution in [3.05, 3.63) is 120 Å². The predicted octanol–water partition coefficient (Wildman–Crippen LogP) is 7.46. The Labute approximate surface area is 477 Å². The number of carbonyl (C=O) groups is 4. The summed E-state index contributed by atoms with van der Waals surface area (Å²) in [6, 6.07) is 22.7. The third-order valence-electron chi connectivity index (χ3n) is 16.7. The van der Waals surface area contributed by atoms with Gasteiger partial charge in [-0.1, -0.05) is 32.9 Å². The summed E-state index contributed by atoms with van der Waals surface area (Å²) in [5, 5.41) is 6.31. The van der Waals surface area contributed by atoms with Crippen LogP contribution in [0.4, 0.5) is 23.0 Å². The molecule has 1 aliphatic carbocycles. The van der Waals surface area contributed by atoms with E-state index < -0.39 is 0 Å². The molecule has 6 N–H and O–H groups in total. The molecule has 4 aromatic rings. The number of hydrogen-bond donors (Lipinski definition) is 4. The zero-order valence-corrected chi connectivity index (χ0v) is 48.2. The number of ether oxygens (including phenoxy) is 1. The van der Waals surface area contributed by atoms with E-state index in [0.717, 1.165) is 100 Å². The molecule has 2 saturated heterocycles. The van der Waals surface area contributed by atoms with Gasteiger partial charge in [-0.05, 0) is 141 Å². The maximum Gasteiger partial charge on any atom is 0.253 e. The van der Waals surface area contributed by atoms with E-state index in [2.05, 4.69) is 73.3 Å². The summed E-state index contributed by atoms with van der Waals surface area (Å²) < 4.78 is 5.37. The maximum atomic E-state index is 13.7. The lowest BCUT2D eigenvalue weighted by molar-refractivity contribution is -0.143. The number of piperidine rings is 2. The molecule has 19 heteroatoms. The Kier molecular flexibility index (Phi) is 19.0. The average Bonchev–Trinajstić information content (AvgIpc) is 3.48. The number of nitrogens with zero attached hydrogens (tertiary/aromatic N) is 10. The first kappa shape index (κ1) is 58.2. The zero-order valence-electron chi connectivity index (χ0n) is 48.2. The molecule has 0 spiro atoms. The number of aliphatic imine (C=N–C) groups is 2. The summed E-state index contributed by atoms with van der Waals surface area (Å²) >= 11 is 0. The minimum atomic E-state index is -0.0602. The predicted molar refractivity (Wildman–Crippen MR) is 320 cm³/mol. The lowest BCUT2D eigenvalue weighted by Gasteiger charge is -2.39. The Balaban J connectivity index is 0.670. The number of pyridine rings is 2. The third-order valence-corrected chi connectivity index (χ3v) is 16.7. The molecule has 2 aromatic heterocycles. The molecule has 3 fully saturated rings. The minimum absolute atomic E-state index is 0.00953. The van der Waals surface area contributed by atoms with Crippen LogP contribution in [0.1, 0.15) is 110 Å². The van der Waals surface area contributed by atoms with Crippen LogP contribution in [0.5, 0.6) is 0 Å². The first-order valence-electron chi connectivity index (χ1n) is 28.8. The first-order chi connectivity index (χ1) is 39.0. The van der Waals surface area contributed by atoms with Gasteiger partial charge in [0.2, 0.25) is 11.8 Å². The van der Waals surface area contributed by atoms with Crippen LogP contribution in [0.25, 0.3) is 11.1 Å². The average molecular weight is 1100 g/mol. The van der Waals surface area contributed by atoms with E-state index in [1.807, 2.05) is 106 Å². The molecule has 0 bridgehead atoms. The molecule has 0 unspecified atom stereocenters. The molecule has 2 aromatic carbocycles. The van der Waals surface area contributed by atoms with Crippen LogP contribution in [0.3, 0.4) is 0 Å². The fraction of sp³-hybridized carbons (Fsp3) is 0.484. The van der Waals surface area contributed by atoms with Crippen LogP contribution < -0.4 is 22.1 Å². The van der Waals surface area contributed by atoms with Crippen molar-refractivity contribution in [3.63, 3.8) is 0 Å². The zero-order chi connectivity index (χ0) is 57.2. The number of hydrogen-bond acceptors (Lipinski definition) is 11. The van der Waals surface area contributed by atoms with E-state index in [9.17, 15) is 19.2 Å². The second-order valence-electron chi connectivity index (χ2n) is 23.5. The van der Waals surface area contributed by atoms with Crippen molar-refractivity contribution >= 4 is 69.7 Å². The Bertz CT molecular complexity index is 2980. The lowest BCUT2D eigenvalue weighted by atomic mass is 9.81. The van der Waals surface area contributed by atoms with E-state index >= 15 is 0 Å². The molecule has 5 aliphatic rings. The second kappa shape index (κ2) is 26.4. The van der Waals surface area contributed by atoms with Gasteiger partial charge in [0.15, 0.2) is 23.6 Å². The Morgan fingerprint density at radius 1 is 0.642 bits per heavy atom. The largest absolute Gasteiger partial charge is 0.381 e. The fourth-order valence-electron chi connectivity index (χ4n) is 11.6. The van der Waals surface area contributed by atoms with Crippen LogP contribution >= 0.6 is 0 Å². The monoisotopic (exact) mass is 1100 g/mol. The van der Waals surface area contributed by atoms with Crippen molar-refractivity contribution in [2.24, 2.45) is 32.8 Å². The van der Waals surface area contributed by atoms with Gasteiger partial charge in [0.1, 0.15) is 0 Å². The van der Waals surface area contributed by atoms with Crippen molar-refractivity contribution in [2.45, 2.75) is 96.7 Å². The summed E-state index contributed by atoms with van der Waals surface area (Å²) in [5.41, 5.74) is 19.3. The van der Waals surface area contributed by atoms with Crippen LogP contribution in [-0.4, -0.2) is 180 Å². The number of nitrogens with one attached hydrogen (secondary N) is 2. The van der Waals surface area contributed by atoms with Gasteiger partial charge in [-0.15, -0.1) is 0 Å². The molecule has 430 valence electrons. The van der Waals surface area contributed by atoms with Crippen molar-refractivity contribution in [1.29, 1.82) is 0 Å². The lowest BCUT2D eigenvalue weighted by Crippen LogP contribution is -2.49. The van der Waals surface area contributed by atoms with E-state index in [-0.39, 0.29) is 65.1 Å². The standard InChI is InChI=1S/C62H82N14O5/c1-62(2,3)41-54(77)75-33-19-42(20-34-75)52-9-7-27-65-55(52)69-60(63)67-47-15-11-44(12-16-47)57(78)71(4)49-23-29-73(30-24-49)37-38-74-31-25-50(26-32-74)72(5)58(79)45-13-17-48(18-14-45)68-61(64)70-56-53(10-8-28-66-56)43-21-35-76(36-22-43)59(80)46-39-51(40-46)81-6/h7-19,21,27-28,46,49-51H,20,22-26,29-41H2,1-6H3,(H3,63,65,67,69)(H3,64,66,68,70). The van der Waals surface area contributed by atoms with Crippen LogP contribution in [-0.2, 0) is 14.3 Å². The quantitative estimate of drug-likeness (QED) is 0.0633. The Hall–Kier alpha value is -7.48. The van der Waals surface area contributed by atoms with Crippen LogP contribution in [0.2, 0.25) is 0 Å².